The number of carbonyl (C=O) groups excluding carboxylic acids is 2. The molecule has 3 atom stereocenters. The zero-order valence-electron chi connectivity index (χ0n) is 19.4. The maximum atomic E-state index is 12.9. The molecule has 0 aliphatic carbocycles. The lowest BCUT2D eigenvalue weighted by Gasteiger charge is -2.29. The number of rotatable bonds is 7. The first-order chi connectivity index (χ1) is 15.4. The summed E-state index contributed by atoms with van der Waals surface area (Å²) in [4.78, 5) is 35.6. The summed E-state index contributed by atoms with van der Waals surface area (Å²) >= 11 is 0. The number of hydrogen-bond donors (Lipinski definition) is 3. The fourth-order valence-electron chi connectivity index (χ4n) is 3.59. The minimum absolute atomic E-state index is 0.000824. The predicted octanol–water partition coefficient (Wildman–Crippen LogP) is 2.29. The van der Waals surface area contributed by atoms with Crippen molar-refractivity contribution in [3.63, 3.8) is 0 Å². The highest BCUT2D eigenvalue weighted by atomic mass is 16.3. The maximum absolute atomic E-state index is 12.9. The van der Waals surface area contributed by atoms with Gasteiger partial charge in [-0.05, 0) is 30.4 Å². The summed E-state index contributed by atoms with van der Waals surface area (Å²) < 4.78 is 0. The summed E-state index contributed by atoms with van der Waals surface area (Å²) in [5.41, 5.74) is 7.62. The predicted molar refractivity (Wildman–Crippen MR) is 124 cm³/mol. The Morgan fingerprint density at radius 2 is 1.81 bits per heavy atom. The van der Waals surface area contributed by atoms with Gasteiger partial charge in [-0.1, -0.05) is 52.0 Å². The van der Waals surface area contributed by atoms with Gasteiger partial charge < -0.3 is 21.1 Å². The first-order valence-corrected chi connectivity index (χ1v) is 11.3. The minimum atomic E-state index is -0.625. The van der Waals surface area contributed by atoms with Crippen molar-refractivity contribution in [2.75, 3.05) is 13.2 Å². The van der Waals surface area contributed by atoms with E-state index >= 15 is 0 Å². The zero-order chi connectivity index (χ0) is 23.7. The topological polar surface area (TPSA) is 121 Å². The van der Waals surface area contributed by atoms with Crippen molar-refractivity contribution in [1.82, 2.24) is 20.2 Å². The molecule has 1 saturated heterocycles. The van der Waals surface area contributed by atoms with Crippen LogP contribution in [-0.4, -0.2) is 57.0 Å². The second-order valence-electron chi connectivity index (χ2n) is 7.90. The first-order valence-electron chi connectivity index (χ1n) is 11.3. The van der Waals surface area contributed by atoms with Crippen LogP contribution in [0.25, 0.3) is 11.4 Å². The number of nitrogens with zero attached hydrogens (tertiary/aromatic N) is 3. The highest BCUT2D eigenvalue weighted by Gasteiger charge is 2.37. The maximum Gasteiger partial charge on any atom is 0.243 e. The third-order valence-corrected chi connectivity index (χ3v) is 5.48. The Kier molecular flexibility index (Phi) is 9.74. The van der Waals surface area contributed by atoms with E-state index in [2.05, 4.69) is 15.3 Å². The molecule has 1 aliphatic rings. The van der Waals surface area contributed by atoms with Crippen molar-refractivity contribution in [2.45, 2.75) is 58.7 Å². The van der Waals surface area contributed by atoms with Crippen molar-refractivity contribution in [3.05, 3.63) is 48.3 Å². The molecule has 2 amide bonds. The van der Waals surface area contributed by atoms with Crippen molar-refractivity contribution in [2.24, 2.45) is 11.7 Å². The standard InChI is InChI=1S/C22H29N5O3.C2H6/c1-14(2)19(23)22(30)27-12-3-5-18(27)21(29)26-17(13-28)15-6-8-16(9-7-15)20-24-10-4-11-25-20;1-2/h4,6-11,14,17-19,28H,3,5,12-13,23H2,1-2H3,(H,26,29);1-2H3. The van der Waals surface area contributed by atoms with Crippen molar-refractivity contribution in [3.8, 4) is 11.4 Å². The van der Waals surface area contributed by atoms with Gasteiger partial charge in [-0.2, -0.15) is 0 Å². The van der Waals surface area contributed by atoms with Crippen LogP contribution in [-0.2, 0) is 9.59 Å². The van der Waals surface area contributed by atoms with Crippen LogP contribution in [0.4, 0.5) is 0 Å². The number of benzene rings is 1. The molecule has 1 aromatic heterocycles. The van der Waals surface area contributed by atoms with E-state index in [0.29, 0.717) is 18.8 Å². The molecule has 8 heteroatoms. The number of aromatic nitrogens is 2. The SMILES string of the molecule is CC.CC(C)C(N)C(=O)N1CCCC1C(=O)NC(CO)c1ccc(-c2ncccn2)cc1. The Bertz CT molecular complexity index is 858. The Labute approximate surface area is 190 Å². The van der Waals surface area contributed by atoms with Gasteiger partial charge in [0, 0.05) is 24.5 Å². The van der Waals surface area contributed by atoms with Crippen molar-refractivity contribution < 1.29 is 14.7 Å². The summed E-state index contributed by atoms with van der Waals surface area (Å²) in [6, 6.07) is 7.37. The van der Waals surface area contributed by atoms with E-state index in [9.17, 15) is 14.7 Å². The van der Waals surface area contributed by atoms with E-state index in [1.807, 2.05) is 52.0 Å². The minimum Gasteiger partial charge on any atom is -0.394 e. The normalized spacial score (nSPS) is 17.3. The van der Waals surface area contributed by atoms with Crippen LogP contribution in [0.5, 0.6) is 0 Å². The molecule has 4 N–H and O–H groups in total. The molecule has 0 spiro atoms. The molecule has 3 rings (SSSR count). The Hall–Kier alpha value is -2.84. The average Bonchev–Trinajstić information content (AvgIpc) is 3.33. The van der Waals surface area contributed by atoms with Gasteiger partial charge in [-0.15, -0.1) is 0 Å². The van der Waals surface area contributed by atoms with Gasteiger partial charge in [0.05, 0.1) is 18.7 Å². The number of hydrogen-bond acceptors (Lipinski definition) is 6. The van der Waals surface area contributed by atoms with Crippen LogP contribution in [0.1, 0.15) is 52.1 Å². The van der Waals surface area contributed by atoms with E-state index in [4.69, 9.17) is 5.73 Å². The molecule has 0 radical (unpaired) electrons. The fraction of sp³-hybridized carbons (Fsp3) is 0.500. The third-order valence-electron chi connectivity index (χ3n) is 5.48. The lowest BCUT2D eigenvalue weighted by atomic mass is 10.0. The molecule has 32 heavy (non-hydrogen) atoms. The monoisotopic (exact) mass is 441 g/mol. The summed E-state index contributed by atoms with van der Waals surface area (Å²) in [6.07, 6.45) is 4.69. The van der Waals surface area contributed by atoms with Gasteiger partial charge in [-0.25, -0.2) is 9.97 Å². The molecule has 1 aromatic carbocycles. The van der Waals surface area contributed by atoms with Gasteiger partial charge in [0.15, 0.2) is 5.82 Å². The summed E-state index contributed by atoms with van der Waals surface area (Å²) in [5.74, 6) is 0.135. The van der Waals surface area contributed by atoms with Crippen LogP contribution in [0, 0.1) is 5.92 Å². The second-order valence-corrected chi connectivity index (χ2v) is 7.90. The first kappa shape index (κ1) is 25.4. The molecule has 2 heterocycles. The van der Waals surface area contributed by atoms with Crippen molar-refractivity contribution in [1.29, 1.82) is 0 Å². The summed E-state index contributed by atoms with van der Waals surface area (Å²) in [7, 11) is 0. The lowest BCUT2D eigenvalue weighted by molar-refractivity contribution is -0.140. The van der Waals surface area contributed by atoms with Crippen LogP contribution in [0.3, 0.4) is 0 Å². The molecule has 0 bridgehead atoms. The molecule has 8 nitrogen and oxygen atoms in total. The lowest BCUT2D eigenvalue weighted by Crippen LogP contribution is -2.53. The van der Waals surface area contributed by atoms with E-state index in [-0.39, 0.29) is 24.3 Å². The van der Waals surface area contributed by atoms with Gasteiger partial charge in [0.1, 0.15) is 6.04 Å². The summed E-state index contributed by atoms with van der Waals surface area (Å²) in [5, 5.41) is 12.7. The molecule has 3 unspecified atom stereocenters. The number of amides is 2. The van der Waals surface area contributed by atoms with Crippen LogP contribution >= 0.6 is 0 Å². The van der Waals surface area contributed by atoms with E-state index in [1.54, 1.807) is 23.4 Å². The smallest absolute Gasteiger partial charge is 0.243 e. The van der Waals surface area contributed by atoms with Gasteiger partial charge in [-0.3, -0.25) is 9.59 Å². The molecular weight excluding hydrogens is 406 g/mol. The van der Waals surface area contributed by atoms with E-state index < -0.39 is 18.1 Å². The highest BCUT2D eigenvalue weighted by molar-refractivity contribution is 5.90. The average molecular weight is 442 g/mol. The zero-order valence-corrected chi connectivity index (χ0v) is 19.4. The Morgan fingerprint density at radius 3 is 2.38 bits per heavy atom. The fourth-order valence-corrected chi connectivity index (χ4v) is 3.59. The third kappa shape index (κ3) is 6.11. The number of aliphatic hydroxyl groups excluding tert-OH is 1. The van der Waals surface area contributed by atoms with Gasteiger partial charge in [0.2, 0.25) is 11.8 Å². The van der Waals surface area contributed by atoms with Crippen LogP contribution in [0.15, 0.2) is 42.7 Å². The summed E-state index contributed by atoms with van der Waals surface area (Å²) in [6.45, 7) is 8.05. The number of carbonyl (C=O) groups is 2. The molecule has 174 valence electrons. The number of aliphatic hydroxyl groups is 1. The van der Waals surface area contributed by atoms with Crippen LogP contribution in [0.2, 0.25) is 0 Å². The Morgan fingerprint density at radius 1 is 1.19 bits per heavy atom. The molecular formula is C24H35N5O3. The molecule has 1 fully saturated rings. The number of likely N-dealkylation sites (tertiary alicyclic amines) is 1. The second kappa shape index (κ2) is 12.3. The largest absolute Gasteiger partial charge is 0.394 e. The van der Waals surface area contributed by atoms with E-state index in [0.717, 1.165) is 17.5 Å². The Balaban J connectivity index is 0.00000176. The molecule has 0 saturated carbocycles. The van der Waals surface area contributed by atoms with Crippen LogP contribution < -0.4 is 11.1 Å². The van der Waals surface area contributed by atoms with Crippen molar-refractivity contribution >= 4 is 11.8 Å². The van der Waals surface area contributed by atoms with E-state index in [1.165, 1.54) is 0 Å². The highest BCUT2D eigenvalue weighted by Crippen LogP contribution is 2.22. The molecule has 2 aromatic rings. The van der Waals surface area contributed by atoms with Gasteiger partial charge in [0.25, 0.3) is 0 Å². The quantitative estimate of drug-likeness (QED) is 0.606. The molecule has 1 aliphatic heterocycles. The van der Waals surface area contributed by atoms with Gasteiger partial charge >= 0.3 is 0 Å². The number of nitrogens with one attached hydrogen (secondary N) is 1. The number of nitrogens with two attached hydrogens (primary N) is 1.